The summed E-state index contributed by atoms with van der Waals surface area (Å²) in [5.74, 6) is -5.99. The monoisotopic (exact) mass is 465 g/mol. The number of amides is 2. The number of halogens is 4. The van der Waals surface area contributed by atoms with Crippen molar-refractivity contribution in [1.82, 2.24) is 20.5 Å². The number of anilines is 1. The standard InChI is InChI=1S/C20H15F4N5O2S/c21-12-4-1-11(2-5-12)3-8-15-27-20(29-28-15)32-10-17(31)25-9-16(30)26-14-7-6-13(22)18(23)19(14)24/h1-8H,9-10H2,(H,25,31)(H,26,30)(H,27,28,29)/b8-3-. The first kappa shape index (κ1) is 23.0. The molecule has 2 amide bonds. The molecule has 1 heterocycles. The molecule has 0 saturated carbocycles. The molecule has 0 aliphatic heterocycles. The molecular formula is C20H15F4N5O2S. The molecule has 0 bridgehead atoms. The highest BCUT2D eigenvalue weighted by Gasteiger charge is 2.15. The number of nitrogens with one attached hydrogen (secondary N) is 3. The van der Waals surface area contributed by atoms with Crippen molar-refractivity contribution >= 4 is 41.4 Å². The zero-order valence-corrected chi connectivity index (χ0v) is 17.0. The summed E-state index contributed by atoms with van der Waals surface area (Å²) in [6, 6.07) is 7.39. The number of benzene rings is 2. The number of H-pyrrole nitrogens is 1. The maximum atomic E-state index is 13.5. The van der Waals surface area contributed by atoms with Crippen LogP contribution in [0.2, 0.25) is 0 Å². The molecule has 1 aromatic heterocycles. The van der Waals surface area contributed by atoms with Gasteiger partial charge in [0.15, 0.2) is 17.5 Å². The van der Waals surface area contributed by atoms with Crippen LogP contribution >= 0.6 is 11.8 Å². The van der Waals surface area contributed by atoms with Crippen molar-refractivity contribution in [3.05, 3.63) is 71.1 Å². The highest BCUT2D eigenvalue weighted by atomic mass is 32.2. The number of carbonyl (C=O) groups is 2. The molecule has 0 aliphatic carbocycles. The maximum absolute atomic E-state index is 13.5. The Labute approximate surface area is 183 Å². The van der Waals surface area contributed by atoms with E-state index >= 15 is 0 Å². The number of hydrogen-bond donors (Lipinski definition) is 3. The predicted octanol–water partition coefficient (Wildman–Crippen LogP) is 3.38. The van der Waals surface area contributed by atoms with Gasteiger partial charge in [-0.3, -0.25) is 14.7 Å². The molecule has 0 aliphatic rings. The predicted molar refractivity (Wildman–Crippen MR) is 110 cm³/mol. The fourth-order valence-corrected chi connectivity index (χ4v) is 2.96. The summed E-state index contributed by atoms with van der Waals surface area (Å²) in [5, 5.41) is 11.2. The van der Waals surface area contributed by atoms with E-state index in [1.807, 2.05) is 5.32 Å². The second-order valence-corrected chi connectivity index (χ2v) is 7.17. The molecule has 0 fully saturated rings. The van der Waals surface area contributed by atoms with Crippen LogP contribution in [0, 0.1) is 23.3 Å². The smallest absolute Gasteiger partial charge is 0.243 e. The van der Waals surface area contributed by atoms with E-state index in [0.29, 0.717) is 11.9 Å². The lowest BCUT2D eigenvalue weighted by atomic mass is 10.2. The molecule has 7 nitrogen and oxygen atoms in total. The van der Waals surface area contributed by atoms with E-state index < -0.39 is 41.5 Å². The second kappa shape index (κ2) is 10.6. The van der Waals surface area contributed by atoms with E-state index in [2.05, 4.69) is 20.5 Å². The van der Waals surface area contributed by atoms with Crippen LogP contribution in [0.15, 0.2) is 41.6 Å². The normalized spacial score (nSPS) is 11.0. The number of nitrogens with zero attached hydrogens (tertiary/aromatic N) is 2. The highest BCUT2D eigenvalue weighted by molar-refractivity contribution is 7.99. The Morgan fingerprint density at radius 2 is 1.72 bits per heavy atom. The molecule has 0 saturated heterocycles. The third-order valence-electron chi connectivity index (χ3n) is 3.87. The van der Waals surface area contributed by atoms with Crippen LogP contribution in [-0.2, 0) is 9.59 Å². The van der Waals surface area contributed by atoms with Crippen molar-refractivity contribution in [3.63, 3.8) is 0 Å². The first-order valence-corrected chi connectivity index (χ1v) is 9.99. The first-order chi connectivity index (χ1) is 15.3. The lowest BCUT2D eigenvalue weighted by Crippen LogP contribution is -2.34. The molecule has 0 radical (unpaired) electrons. The lowest BCUT2D eigenvalue weighted by Gasteiger charge is -2.08. The van der Waals surface area contributed by atoms with Crippen LogP contribution in [0.1, 0.15) is 11.4 Å². The molecule has 12 heteroatoms. The molecule has 166 valence electrons. The number of rotatable bonds is 8. The van der Waals surface area contributed by atoms with Gasteiger partial charge in [-0.25, -0.2) is 22.5 Å². The van der Waals surface area contributed by atoms with Gasteiger partial charge in [0.25, 0.3) is 0 Å². The lowest BCUT2D eigenvalue weighted by molar-refractivity contribution is -0.122. The van der Waals surface area contributed by atoms with Crippen molar-refractivity contribution in [2.75, 3.05) is 17.6 Å². The Morgan fingerprint density at radius 1 is 0.969 bits per heavy atom. The molecule has 3 rings (SSSR count). The van der Waals surface area contributed by atoms with Gasteiger partial charge in [0.05, 0.1) is 18.0 Å². The Kier molecular flexibility index (Phi) is 7.60. The minimum Gasteiger partial charge on any atom is -0.346 e. The zero-order valence-electron chi connectivity index (χ0n) is 16.2. The average Bonchev–Trinajstić information content (AvgIpc) is 3.24. The number of thioether (sulfide) groups is 1. The second-order valence-electron chi connectivity index (χ2n) is 6.22. The Morgan fingerprint density at radius 3 is 2.47 bits per heavy atom. The Balaban J connectivity index is 1.43. The summed E-state index contributed by atoms with van der Waals surface area (Å²) in [6.07, 6.45) is 3.33. The Bertz CT molecular complexity index is 1150. The van der Waals surface area contributed by atoms with Crippen molar-refractivity contribution < 1.29 is 27.2 Å². The van der Waals surface area contributed by atoms with Gasteiger partial charge in [0, 0.05) is 0 Å². The number of aromatic amines is 1. The van der Waals surface area contributed by atoms with Gasteiger partial charge < -0.3 is 10.6 Å². The fraction of sp³-hybridized carbons (Fsp3) is 0.100. The molecular weight excluding hydrogens is 450 g/mol. The minimum absolute atomic E-state index is 0.105. The van der Waals surface area contributed by atoms with Gasteiger partial charge in [-0.2, -0.15) is 0 Å². The fourth-order valence-electron chi connectivity index (χ4n) is 2.32. The molecule has 0 atom stereocenters. The molecule has 2 aromatic carbocycles. The third kappa shape index (κ3) is 6.41. The van der Waals surface area contributed by atoms with Crippen molar-refractivity contribution in [3.8, 4) is 0 Å². The van der Waals surface area contributed by atoms with E-state index in [-0.39, 0.29) is 16.7 Å². The van der Waals surface area contributed by atoms with Gasteiger partial charge in [-0.1, -0.05) is 30.0 Å². The van der Waals surface area contributed by atoms with E-state index in [1.54, 1.807) is 24.3 Å². The topological polar surface area (TPSA) is 99.8 Å². The zero-order chi connectivity index (χ0) is 23.1. The van der Waals surface area contributed by atoms with Crippen LogP contribution < -0.4 is 10.6 Å². The Hall–Kier alpha value is -3.67. The van der Waals surface area contributed by atoms with Crippen LogP contribution in [0.25, 0.3) is 12.2 Å². The van der Waals surface area contributed by atoms with Crippen LogP contribution in [-0.4, -0.2) is 39.3 Å². The first-order valence-electron chi connectivity index (χ1n) is 9.00. The van der Waals surface area contributed by atoms with Crippen LogP contribution in [0.3, 0.4) is 0 Å². The average molecular weight is 465 g/mol. The molecule has 3 N–H and O–H groups in total. The highest BCUT2D eigenvalue weighted by Crippen LogP contribution is 2.19. The number of hydrogen-bond acceptors (Lipinski definition) is 5. The van der Waals surface area contributed by atoms with E-state index in [4.69, 9.17) is 0 Å². The number of aromatic nitrogens is 3. The SMILES string of the molecule is O=C(CSc1n[nH]c(/C=C\c2ccc(F)cc2)n1)NCC(=O)Nc1ccc(F)c(F)c1F. The van der Waals surface area contributed by atoms with Gasteiger partial charge in [-0.15, -0.1) is 5.10 Å². The molecule has 32 heavy (non-hydrogen) atoms. The van der Waals surface area contributed by atoms with E-state index in [1.165, 1.54) is 12.1 Å². The van der Waals surface area contributed by atoms with Crippen LogP contribution in [0.4, 0.5) is 23.2 Å². The third-order valence-corrected chi connectivity index (χ3v) is 4.72. The van der Waals surface area contributed by atoms with E-state index in [9.17, 15) is 27.2 Å². The van der Waals surface area contributed by atoms with E-state index in [0.717, 1.165) is 23.4 Å². The number of carbonyl (C=O) groups excluding carboxylic acids is 2. The summed E-state index contributed by atoms with van der Waals surface area (Å²) >= 11 is 1.00. The van der Waals surface area contributed by atoms with Crippen molar-refractivity contribution in [2.24, 2.45) is 0 Å². The summed E-state index contributed by atoms with van der Waals surface area (Å²) in [6.45, 7) is -0.502. The quantitative estimate of drug-likeness (QED) is 0.269. The van der Waals surface area contributed by atoms with Gasteiger partial charge in [-0.05, 0) is 35.9 Å². The van der Waals surface area contributed by atoms with Crippen LogP contribution in [0.5, 0.6) is 0 Å². The van der Waals surface area contributed by atoms with Crippen molar-refractivity contribution in [2.45, 2.75) is 5.16 Å². The van der Waals surface area contributed by atoms with Crippen molar-refractivity contribution in [1.29, 1.82) is 0 Å². The van der Waals surface area contributed by atoms with Gasteiger partial charge in [0.2, 0.25) is 17.0 Å². The maximum Gasteiger partial charge on any atom is 0.243 e. The minimum atomic E-state index is -1.71. The summed E-state index contributed by atoms with van der Waals surface area (Å²) in [5.41, 5.74) is 0.220. The largest absolute Gasteiger partial charge is 0.346 e. The van der Waals surface area contributed by atoms with Gasteiger partial charge in [0.1, 0.15) is 11.6 Å². The summed E-state index contributed by atoms with van der Waals surface area (Å²) in [4.78, 5) is 27.8. The molecule has 3 aromatic rings. The van der Waals surface area contributed by atoms with Gasteiger partial charge >= 0.3 is 0 Å². The summed E-state index contributed by atoms with van der Waals surface area (Å²) in [7, 11) is 0. The molecule has 0 spiro atoms. The molecule has 0 unspecified atom stereocenters. The summed E-state index contributed by atoms with van der Waals surface area (Å²) < 4.78 is 52.5.